The Hall–Kier alpha value is -2.25. The number of thiophene rings is 1. The van der Waals surface area contributed by atoms with Gasteiger partial charge in [0.15, 0.2) is 5.84 Å². The number of halogens is 3. The molecule has 0 fully saturated rings. The maximum absolute atomic E-state index is 13.5. The van der Waals surface area contributed by atoms with Gasteiger partial charge < -0.3 is 0 Å². The van der Waals surface area contributed by atoms with Crippen molar-refractivity contribution in [1.29, 1.82) is 0 Å². The molecule has 0 unspecified atom stereocenters. The minimum Gasteiger partial charge on any atom is -0.266 e. The Morgan fingerprint density at radius 3 is 2.42 bits per heavy atom. The second-order valence-corrected chi connectivity index (χ2v) is 10.1. The van der Waals surface area contributed by atoms with E-state index in [1.807, 2.05) is 72.8 Å². The van der Waals surface area contributed by atoms with Crippen molar-refractivity contribution in [3.63, 3.8) is 0 Å². The van der Waals surface area contributed by atoms with Crippen molar-refractivity contribution in [2.24, 2.45) is 4.99 Å². The van der Waals surface area contributed by atoms with E-state index in [0.717, 1.165) is 35.2 Å². The minimum absolute atomic E-state index is 0.193. The summed E-state index contributed by atoms with van der Waals surface area (Å²) in [5, 5.41) is 1.56. The zero-order chi connectivity index (χ0) is 21.5. The molecule has 4 aromatic rings. The van der Waals surface area contributed by atoms with Gasteiger partial charge in [0, 0.05) is 19.0 Å². The van der Waals surface area contributed by atoms with Crippen LogP contribution in [0.4, 0.5) is 5.69 Å². The van der Waals surface area contributed by atoms with Gasteiger partial charge in [-0.15, -0.1) is 11.3 Å². The number of hydrogen-bond acceptors (Lipinski definition) is 3. The quantitative estimate of drug-likeness (QED) is 0.230. The normalized spacial score (nSPS) is 15.2. The predicted molar refractivity (Wildman–Crippen MR) is 137 cm³/mol. The van der Waals surface area contributed by atoms with Crippen molar-refractivity contribution < 1.29 is 4.79 Å². The molecule has 0 aliphatic carbocycles. The number of hydrogen-bond donors (Lipinski definition) is 0. The lowest BCUT2D eigenvalue weighted by molar-refractivity contribution is -0.113. The number of fused-ring (bicyclic) bond motifs is 1. The van der Waals surface area contributed by atoms with Crippen molar-refractivity contribution in [3.8, 4) is 0 Å². The smallest absolute Gasteiger partial charge is 0.266 e. The van der Waals surface area contributed by atoms with Crippen molar-refractivity contribution in [2.45, 2.75) is 0 Å². The van der Waals surface area contributed by atoms with Crippen LogP contribution in [-0.4, -0.2) is 11.7 Å². The number of carbonyl (C=O) groups excluding carboxylic acids is 1. The van der Waals surface area contributed by atoms with Gasteiger partial charge in [-0.25, -0.2) is 4.99 Å². The van der Waals surface area contributed by atoms with Crippen LogP contribution < -0.4 is 4.90 Å². The Labute approximate surface area is 204 Å². The average Bonchev–Trinajstić information content (AvgIpc) is 3.25. The fourth-order valence-electron chi connectivity index (χ4n) is 3.44. The van der Waals surface area contributed by atoms with Gasteiger partial charge in [-0.3, -0.25) is 9.69 Å². The molecule has 5 rings (SSSR count). The van der Waals surface area contributed by atoms with Crippen LogP contribution in [-0.2, 0) is 4.79 Å². The zero-order valence-corrected chi connectivity index (χ0v) is 20.6. The first-order valence-corrected chi connectivity index (χ1v) is 12.1. The molecule has 0 atom stereocenters. The Morgan fingerprint density at radius 2 is 1.68 bits per heavy atom. The first-order valence-electron chi connectivity index (χ1n) is 9.34. The molecule has 1 aliphatic rings. The Kier molecular flexibility index (Phi) is 5.56. The monoisotopic (exact) mass is 570 g/mol. The van der Waals surface area contributed by atoms with Crippen LogP contribution in [0.15, 0.2) is 92.4 Å². The van der Waals surface area contributed by atoms with E-state index in [1.165, 1.54) is 11.3 Å². The van der Waals surface area contributed by atoms with Crippen LogP contribution in [0, 0.1) is 0 Å². The number of nitrogens with zero attached hydrogens (tertiary/aromatic N) is 2. The SMILES string of the molecule is O=C1/C(=C\c2cccc(Br)c2)N=C(c2sc3ccccc3c2Cl)N1c1cccc(Br)c1. The number of aliphatic imine (C=N–C) groups is 1. The highest BCUT2D eigenvalue weighted by atomic mass is 79.9. The predicted octanol–water partition coefficient (Wildman–Crippen LogP) is 7.91. The minimum atomic E-state index is -0.193. The largest absolute Gasteiger partial charge is 0.282 e. The summed E-state index contributed by atoms with van der Waals surface area (Å²) < 4.78 is 2.87. The highest BCUT2D eigenvalue weighted by Crippen LogP contribution is 2.39. The molecule has 0 saturated carbocycles. The van der Waals surface area contributed by atoms with E-state index >= 15 is 0 Å². The highest BCUT2D eigenvalue weighted by molar-refractivity contribution is 9.10. The second kappa shape index (κ2) is 8.36. The molecule has 2 heterocycles. The molecular formula is C24H13Br2ClN2OS. The number of benzene rings is 3. The van der Waals surface area contributed by atoms with Gasteiger partial charge >= 0.3 is 0 Å². The molecule has 0 saturated heterocycles. The Bertz CT molecular complexity index is 1410. The molecule has 1 aliphatic heterocycles. The molecule has 3 nitrogen and oxygen atoms in total. The molecule has 0 N–H and O–H groups in total. The summed E-state index contributed by atoms with van der Waals surface area (Å²) in [5.41, 5.74) is 1.98. The first-order chi connectivity index (χ1) is 15.0. The maximum atomic E-state index is 13.5. The third-order valence-corrected chi connectivity index (χ3v) is 7.47. The Morgan fingerprint density at radius 1 is 0.935 bits per heavy atom. The van der Waals surface area contributed by atoms with Crippen LogP contribution in [0.1, 0.15) is 10.4 Å². The number of amides is 1. The first kappa shape index (κ1) is 20.6. The molecule has 0 radical (unpaired) electrons. The molecule has 1 aromatic heterocycles. The van der Waals surface area contributed by atoms with E-state index in [2.05, 4.69) is 31.9 Å². The van der Waals surface area contributed by atoms with E-state index in [-0.39, 0.29) is 5.91 Å². The third-order valence-electron chi connectivity index (χ3n) is 4.82. The van der Waals surface area contributed by atoms with Crippen molar-refractivity contribution in [1.82, 2.24) is 0 Å². The molecule has 0 spiro atoms. The summed E-state index contributed by atoms with van der Waals surface area (Å²) in [6.07, 6.45) is 1.80. The van der Waals surface area contributed by atoms with Gasteiger partial charge in [-0.1, -0.05) is 79.9 Å². The summed E-state index contributed by atoms with van der Waals surface area (Å²) in [6.45, 7) is 0. The summed E-state index contributed by atoms with van der Waals surface area (Å²) in [5.74, 6) is 0.345. The average molecular weight is 573 g/mol. The summed E-state index contributed by atoms with van der Waals surface area (Å²) in [6, 6.07) is 23.3. The van der Waals surface area contributed by atoms with Gasteiger partial charge in [0.25, 0.3) is 5.91 Å². The summed E-state index contributed by atoms with van der Waals surface area (Å²) >= 11 is 15.3. The molecule has 7 heteroatoms. The van der Waals surface area contributed by atoms with Crippen molar-refractivity contribution in [3.05, 3.63) is 103 Å². The number of rotatable bonds is 3. The lowest BCUT2D eigenvalue weighted by atomic mass is 10.2. The fourth-order valence-corrected chi connectivity index (χ4v) is 5.74. The van der Waals surface area contributed by atoms with E-state index in [4.69, 9.17) is 16.6 Å². The Balaban J connectivity index is 1.70. The van der Waals surface area contributed by atoms with Crippen LogP contribution in [0.25, 0.3) is 16.2 Å². The fraction of sp³-hybridized carbons (Fsp3) is 0. The van der Waals surface area contributed by atoms with Crippen LogP contribution in [0.3, 0.4) is 0 Å². The summed E-state index contributed by atoms with van der Waals surface area (Å²) in [7, 11) is 0. The van der Waals surface area contributed by atoms with E-state index < -0.39 is 0 Å². The van der Waals surface area contributed by atoms with Crippen LogP contribution in [0.5, 0.6) is 0 Å². The van der Waals surface area contributed by atoms with Crippen molar-refractivity contribution in [2.75, 3.05) is 4.90 Å². The zero-order valence-electron chi connectivity index (χ0n) is 15.9. The molecule has 152 valence electrons. The van der Waals surface area contributed by atoms with Gasteiger partial charge in [0.1, 0.15) is 5.70 Å². The third kappa shape index (κ3) is 3.89. The van der Waals surface area contributed by atoms with E-state index in [1.54, 1.807) is 11.0 Å². The number of amidine groups is 1. The van der Waals surface area contributed by atoms with Gasteiger partial charge in [-0.2, -0.15) is 0 Å². The van der Waals surface area contributed by atoms with Crippen LogP contribution >= 0.6 is 54.8 Å². The van der Waals surface area contributed by atoms with Gasteiger partial charge in [0.2, 0.25) is 0 Å². The van der Waals surface area contributed by atoms with Crippen molar-refractivity contribution >= 4 is 88.4 Å². The molecule has 0 bridgehead atoms. The second-order valence-electron chi connectivity index (χ2n) is 6.88. The van der Waals surface area contributed by atoms with E-state index in [0.29, 0.717) is 16.6 Å². The highest BCUT2D eigenvalue weighted by Gasteiger charge is 2.35. The lowest BCUT2D eigenvalue weighted by Gasteiger charge is -2.18. The maximum Gasteiger partial charge on any atom is 0.282 e. The molecular weight excluding hydrogens is 560 g/mol. The molecule has 3 aromatic carbocycles. The van der Waals surface area contributed by atoms with Crippen LogP contribution in [0.2, 0.25) is 5.02 Å². The number of anilines is 1. The molecule has 31 heavy (non-hydrogen) atoms. The topological polar surface area (TPSA) is 32.7 Å². The number of carbonyl (C=O) groups is 1. The van der Waals surface area contributed by atoms with Gasteiger partial charge in [0.05, 0.1) is 15.6 Å². The molecule has 1 amide bonds. The van der Waals surface area contributed by atoms with E-state index in [9.17, 15) is 4.79 Å². The standard InChI is InChI=1S/C24H13Br2ClN2OS/c25-15-6-3-5-14(11-15)12-19-24(30)29(17-8-4-7-16(26)13-17)23(28-19)22-21(27)18-9-1-2-10-20(18)31-22/h1-13H/b19-12+. The van der Waals surface area contributed by atoms with Gasteiger partial charge in [-0.05, 0) is 48.0 Å². The lowest BCUT2D eigenvalue weighted by Crippen LogP contribution is -2.32. The summed E-state index contributed by atoms with van der Waals surface area (Å²) in [4.78, 5) is 20.7.